The number of para-hydroxylation sites is 2. The summed E-state index contributed by atoms with van der Waals surface area (Å²) in [6.07, 6.45) is 0. The van der Waals surface area contributed by atoms with Gasteiger partial charge in [-0.05, 0) is 18.2 Å². The Hall–Kier alpha value is -3.48. The molecule has 7 heteroatoms. The number of carbonyl (C=O) groups is 1. The maximum absolute atomic E-state index is 12.2. The molecule has 0 fully saturated rings. The number of benzene rings is 2. The topological polar surface area (TPSA) is 99.7 Å². The van der Waals surface area contributed by atoms with E-state index < -0.39 is 16.5 Å². The van der Waals surface area contributed by atoms with Gasteiger partial charge in [-0.2, -0.15) is 0 Å². The lowest BCUT2D eigenvalue weighted by Crippen LogP contribution is -2.12. The van der Waals surface area contributed by atoms with Crippen LogP contribution in [0.4, 0.5) is 5.69 Å². The molecule has 0 atom stereocenters. The van der Waals surface area contributed by atoms with Gasteiger partial charge in [0.15, 0.2) is 0 Å². The summed E-state index contributed by atoms with van der Waals surface area (Å²) in [5, 5.41) is 11.4. The first-order chi connectivity index (χ1) is 11.1. The van der Waals surface area contributed by atoms with Crippen molar-refractivity contribution < 1.29 is 18.9 Å². The Morgan fingerprint density at radius 3 is 2.57 bits per heavy atom. The fourth-order valence-electron chi connectivity index (χ4n) is 2.13. The molecule has 2 aromatic carbocycles. The average molecular weight is 311 g/mol. The van der Waals surface area contributed by atoms with Crippen molar-refractivity contribution in [2.24, 2.45) is 0 Å². The van der Waals surface area contributed by atoms with Crippen LogP contribution in [0.25, 0.3) is 11.0 Å². The maximum Gasteiger partial charge on any atom is 0.350 e. The molecule has 23 heavy (non-hydrogen) atoms. The zero-order chi connectivity index (χ0) is 16.4. The van der Waals surface area contributed by atoms with E-state index in [2.05, 4.69) is 0 Å². The Bertz CT molecular complexity index is 975. The van der Waals surface area contributed by atoms with E-state index in [1.807, 2.05) is 0 Å². The SMILES string of the molecule is O=C(Oc1cc(=O)oc2ccccc12)c1ccccc1[N+](=O)[O-]. The van der Waals surface area contributed by atoms with Gasteiger partial charge in [0.1, 0.15) is 16.9 Å². The molecule has 0 bridgehead atoms. The highest BCUT2D eigenvalue weighted by Gasteiger charge is 2.22. The lowest BCUT2D eigenvalue weighted by molar-refractivity contribution is -0.385. The minimum atomic E-state index is -0.923. The Kier molecular flexibility index (Phi) is 3.60. The molecule has 1 heterocycles. The quantitative estimate of drug-likeness (QED) is 0.319. The zero-order valence-corrected chi connectivity index (χ0v) is 11.6. The van der Waals surface area contributed by atoms with Gasteiger partial charge in [0.25, 0.3) is 5.69 Å². The van der Waals surface area contributed by atoms with Crippen LogP contribution in [0.1, 0.15) is 10.4 Å². The molecule has 7 nitrogen and oxygen atoms in total. The summed E-state index contributed by atoms with van der Waals surface area (Å²) in [5.74, 6) is -0.937. The van der Waals surface area contributed by atoms with E-state index in [0.717, 1.165) is 6.07 Å². The summed E-state index contributed by atoms with van der Waals surface area (Å²) >= 11 is 0. The summed E-state index contributed by atoms with van der Waals surface area (Å²) < 4.78 is 10.2. The molecular weight excluding hydrogens is 302 g/mol. The van der Waals surface area contributed by atoms with Crippen LogP contribution in [-0.2, 0) is 0 Å². The molecule has 0 aliphatic rings. The van der Waals surface area contributed by atoms with Crippen molar-refractivity contribution in [3.8, 4) is 5.75 Å². The minimum absolute atomic E-state index is 0.0139. The third-order valence-corrected chi connectivity index (χ3v) is 3.14. The summed E-state index contributed by atoms with van der Waals surface area (Å²) in [5.41, 5.74) is -1.00. The molecule has 0 aliphatic carbocycles. The van der Waals surface area contributed by atoms with Gasteiger partial charge in [0.05, 0.1) is 16.4 Å². The first-order valence-corrected chi connectivity index (χ1v) is 6.55. The minimum Gasteiger partial charge on any atom is -0.422 e. The van der Waals surface area contributed by atoms with E-state index in [9.17, 15) is 19.7 Å². The van der Waals surface area contributed by atoms with Crippen molar-refractivity contribution in [1.82, 2.24) is 0 Å². The van der Waals surface area contributed by atoms with Gasteiger partial charge in [-0.3, -0.25) is 10.1 Å². The second-order valence-electron chi connectivity index (χ2n) is 4.59. The van der Waals surface area contributed by atoms with Crippen molar-refractivity contribution in [3.63, 3.8) is 0 Å². The van der Waals surface area contributed by atoms with Crippen LogP contribution in [0.3, 0.4) is 0 Å². The van der Waals surface area contributed by atoms with Crippen LogP contribution in [-0.4, -0.2) is 10.9 Å². The number of carbonyl (C=O) groups excluding carboxylic acids is 1. The van der Waals surface area contributed by atoms with Gasteiger partial charge in [-0.15, -0.1) is 0 Å². The van der Waals surface area contributed by atoms with Crippen molar-refractivity contribution >= 4 is 22.6 Å². The predicted octanol–water partition coefficient (Wildman–Crippen LogP) is 2.92. The summed E-state index contributed by atoms with van der Waals surface area (Å²) in [6.45, 7) is 0. The number of nitrogens with zero attached hydrogens (tertiary/aromatic N) is 1. The molecular formula is C16H9NO6. The van der Waals surface area contributed by atoms with E-state index in [0.29, 0.717) is 5.39 Å². The number of nitro benzene ring substituents is 1. The number of rotatable bonds is 3. The van der Waals surface area contributed by atoms with Gasteiger partial charge in [-0.1, -0.05) is 24.3 Å². The monoisotopic (exact) mass is 311 g/mol. The van der Waals surface area contributed by atoms with Crippen LogP contribution in [0, 0.1) is 10.1 Å². The number of esters is 1. The van der Waals surface area contributed by atoms with Crippen molar-refractivity contribution in [2.45, 2.75) is 0 Å². The Balaban J connectivity index is 2.05. The molecule has 0 radical (unpaired) electrons. The number of ether oxygens (including phenoxy) is 1. The summed E-state index contributed by atoms with van der Waals surface area (Å²) in [6, 6.07) is 13.0. The number of nitro groups is 1. The predicted molar refractivity (Wildman–Crippen MR) is 80.5 cm³/mol. The summed E-state index contributed by atoms with van der Waals surface area (Å²) in [4.78, 5) is 34.1. The lowest BCUT2D eigenvalue weighted by Gasteiger charge is -2.07. The molecule has 3 rings (SSSR count). The van der Waals surface area contributed by atoms with E-state index in [4.69, 9.17) is 9.15 Å². The first kappa shape index (κ1) is 14.5. The third-order valence-electron chi connectivity index (χ3n) is 3.14. The number of hydrogen-bond donors (Lipinski definition) is 0. The Morgan fingerprint density at radius 1 is 1.09 bits per heavy atom. The Labute approximate surface area is 128 Å². The first-order valence-electron chi connectivity index (χ1n) is 6.55. The van der Waals surface area contributed by atoms with Crippen molar-refractivity contribution in [2.75, 3.05) is 0 Å². The lowest BCUT2D eigenvalue weighted by atomic mass is 10.2. The third kappa shape index (κ3) is 2.80. The van der Waals surface area contributed by atoms with Gasteiger partial charge >= 0.3 is 11.6 Å². The number of fused-ring (bicyclic) bond motifs is 1. The fraction of sp³-hybridized carbons (Fsp3) is 0. The molecule has 3 aromatic rings. The standard InChI is InChI=1S/C16H9NO6/c18-15-9-14(11-6-2-4-8-13(11)22-15)23-16(19)10-5-1-3-7-12(10)17(20)21/h1-9H. The van der Waals surface area contributed by atoms with E-state index >= 15 is 0 Å². The highest BCUT2D eigenvalue weighted by molar-refractivity contribution is 5.97. The molecule has 0 amide bonds. The molecule has 0 unspecified atom stereocenters. The van der Waals surface area contributed by atoms with Crippen LogP contribution in [0.15, 0.2) is 63.8 Å². The van der Waals surface area contributed by atoms with E-state index in [-0.39, 0.29) is 22.6 Å². The highest BCUT2D eigenvalue weighted by Crippen LogP contribution is 2.26. The molecule has 1 aromatic heterocycles. The summed E-state index contributed by atoms with van der Waals surface area (Å²) in [7, 11) is 0. The van der Waals surface area contributed by atoms with Crippen molar-refractivity contribution in [1.29, 1.82) is 0 Å². The molecule has 0 saturated carbocycles. The van der Waals surface area contributed by atoms with Crippen molar-refractivity contribution in [3.05, 3.63) is 80.7 Å². The molecule has 0 spiro atoms. The van der Waals surface area contributed by atoms with E-state index in [1.165, 1.54) is 24.3 Å². The maximum atomic E-state index is 12.2. The second kappa shape index (κ2) is 5.72. The highest BCUT2D eigenvalue weighted by atomic mass is 16.6. The van der Waals surface area contributed by atoms with Gasteiger partial charge < -0.3 is 9.15 Å². The smallest absolute Gasteiger partial charge is 0.350 e. The molecule has 0 aliphatic heterocycles. The Morgan fingerprint density at radius 2 is 1.78 bits per heavy atom. The molecule has 0 saturated heterocycles. The largest absolute Gasteiger partial charge is 0.422 e. The average Bonchev–Trinajstić information content (AvgIpc) is 2.54. The zero-order valence-electron chi connectivity index (χ0n) is 11.6. The fourth-order valence-corrected chi connectivity index (χ4v) is 2.13. The number of hydrogen-bond acceptors (Lipinski definition) is 6. The van der Waals surface area contributed by atoms with Crippen LogP contribution in [0.5, 0.6) is 5.75 Å². The van der Waals surface area contributed by atoms with Crippen LogP contribution < -0.4 is 10.4 Å². The normalized spacial score (nSPS) is 10.4. The van der Waals surface area contributed by atoms with Crippen LogP contribution >= 0.6 is 0 Å². The van der Waals surface area contributed by atoms with Gasteiger partial charge in [0, 0.05) is 6.07 Å². The molecule has 114 valence electrons. The van der Waals surface area contributed by atoms with E-state index in [1.54, 1.807) is 24.3 Å². The molecule has 0 N–H and O–H groups in total. The van der Waals surface area contributed by atoms with Gasteiger partial charge in [0.2, 0.25) is 0 Å². The second-order valence-corrected chi connectivity index (χ2v) is 4.59. The van der Waals surface area contributed by atoms with Gasteiger partial charge in [-0.25, -0.2) is 9.59 Å². The van der Waals surface area contributed by atoms with Crippen LogP contribution in [0.2, 0.25) is 0 Å².